The Morgan fingerprint density at radius 2 is 1.79 bits per heavy atom. The van der Waals surface area contributed by atoms with Crippen LogP contribution in [0.3, 0.4) is 0 Å². The number of amides is 1. The Kier molecular flexibility index (Phi) is 4.81. The van der Waals surface area contributed by atoms with Gasteiger partial charge >= 0.3 is 0 Å². The zero-order valence-corrected chi connectivity index (χ0v) is 9.81. The van der Waals surface area contributed by atoms with E-state index in [1.807, 2.05) is 6.92 Å². The summed E-state index contributed by atoms with van der Waals surface area (Å²) in [6, 6.07) is 0. The molecule has 82 valence electrons. The highest BCUT2D eigenvalue weighted by Crippen LogP contribution is 2.27. The summed E-state index contributed by atoms with van der Waals surface area (Å²) < 4.78 is 0. The summed E-state index contributed by atoms with van der Waals surface area (Å²) in [6.07, 6.45) is 0.483. The molecule has 0 aliphatic heterocycles. The van der Waals surface area contributed by atoms with Crippen LogP contribution in [-0.4, -0.2) is 18.2 Å². The van der Waals surface area contributed by atoms with E-state index in [9.17, 15) is 9.59 Å². The monoisotopic (exact) mass is 199 g/mol. The second-order valence-corrected chi connectivity index (χ2v) is 4.95. The molecular formula is C11H21NO2. The fourth-order valence-electron chi connectivity index (χ4n) is 0.880. The van der Waals surface area contributed by atoms with Crippen molar-refractivity contribution in [2.75, 3.05) is 6.54 Å². The molecule has 0 bridgehead atoms. The molecule has 0 saturated carbocycles. The van der Waals surface area contributed by atoms with Crippen molar-refractivity contribution in [2.24, 2.45) is 11.3 Å². The van der Waals surface area contributed by atoms with E-state index in [1.165, 1.54) is 6.92 Å². The maximum atomic E-state index is 11.3. The Balaban J connectivity index is 3.89. The normalized spacial score (nSPS) is 13.5. The summed E-state index contributed by atoms with van der Waals surface area (Å²) in [4.78, 5) is 22.0. The van der Waals surface area contributed by atoms with E-state index in [-0.39, 0.29) is 23.7 Å². The molecule has 0 aromatic carbocycles. The minimum Gasteiger partial charge on any atom is -0.349 e. The van der Waals surface area contributed by atoms with Gasteiger partial charge in [0.2, 0.25) is 5.91 Å². The van der Waals surface area contributed by atoms with Crippen LogP contribution in [0.1, 0.15) is 41.0 Å². The molecule has 0 aliphatic rings. The van der Waals surface area contributed by atoms with Crippen LogP contribution in [0.4, 0.5) is 0 Å². The van der Waals surface area contributed by atoms with E-state index in [4.69, 9.17) is 0 Å². The van der Waals surface area contributed by atoms with Crippen molar-refractivity contribution in [1.82, 2.24) is 5.32 Å². The lowest BCUT2D eigenvalue weighted by atomic mass is 9.80. The standard InChI is InChI=1S/C11H21NO2/c1-8(11(3,4)5)6-10(14)12-7-9(2)13/h8H,6-7H2,1-5H3,(H,12,14). The maximum Gasteiger partial charge on any atom is 0.220 e. The zero-order valence-electron chi connectivity index (χ0n) is 9.81. The molecule has 1 unspecified atom stereocenters. The second-order valence-electron chi connectivity index (χ2n) is 4.95. The fraction of sp³-hybridized carbons (Fsp3) is 0.818. The smallest absolute Gasteiger partial charge is 0.220 e. The van der Waals surface area contributed by atoms with Crippen LogP contribution in [0, 0.1) is 11.3 Å². The van der Waals surface area contributed by atoms with Crippen molar-refractivity contribution >= 4 is 11.7 Å². The van der Waals surface area contributed by atoms with Crippen LogP contribution >= 0.6 is 0 Å². The highest BCUT2D eigenvalue weighted by molar-refractivity contribution is 5.84. The van der Waals surface area contributed by atoms with Gasteiger partial charge in [-0.1, -0.05) is 27.7 Å². The number of hydrogen-bond acceptors (Lipinski definition) is 2. The predicted molar refractivity (Wildman–Crippen MR) is 56.9 cm³/mol. The third-order valence-electron chi connectivity index (χ3n) is 2.50. The van der Waals surface area contributed by atoms with Gasteiger partial charge in [-0.3, -0.25) is 9.59 Å². The van der Waals surface area contributed by atoms with Gasteiger partial charge < -0.3 is 5.32 Å². The summed E-state index contributed by atoms with van der Waals surface area (Å²) in [5.74, 6) is 0.263. The molecule has 0 spiro atoms. The lowest BCUT2D eigenvalue weighted by Gasteiger charge is -2.26. The minimum atomic E-state index is -0.0392. The SMILES string of the molecule is CC(=O)CNC(=O)CC(C)C(C)(C)C. The minimum absolute atomic E-state index is 0.0123. The van der Waals surface area contributed by atoms with E-state index < -0.39 is 0 Å². The van der Waals surface area contributed by atoms with Crippen molar-refractivity contribution in [3.8, 4) is 0 Å². The lowest BCUT2D eigenvalue weighted by molar-refractivity contribution is -0.125. The molecule has 0 aliphatic carbocycles. The van der Waals surface area contributed by atoms with Crippen LogP contribution in [0.15, 0.2) is 0 Å². The number of hydrogen-bond donors (Lipinski definition) is 1. The Morgan fingerprint density at radius 1 is 1.29 bits per heavy atom. The van der Waals surface area contributed by atoms with Gasteiger partial charge in [-0.05, 0) is 18.3 Å². The summed E-state index contributed by atoms with van der Waals surface area (Å²) in [5, 5.41) is 2.60. The van der Waals surface area contributed by atoms with Crippen LogP contribution in [-0.2, 0) is 9.59 Å². The predicted octanol–water partition coefficient (Wildman–Crippen LogP) is 1.76. The third-order valence-corrected chi connectivity index (χ3v) is 2.50. The Labute approximate surface area is 86.3 Å². The molecule has 1 N–H and O–H groups in total. The van der Waals surface area contributed by atoms with Gasteiger partial charge in [-0.25, -0.2) is 0 Å². The van der Waals surface area contributed by atoms with E-state index in [0.717, 1.165) is 0 Å². The van der Waals surface area contributed by atoms with Crippen molar-refractivity contribution in [3.05, 3.63) is 0 Å². The average Bonchev–Trinajstić information content (AvgIpc) is 1.99. The van der Waals surface area contributed by atoms with E-state index in [2.05, 4.69) is 26.1 Å². The van der Waals surface area contributed by atoms with Crippen molar-refractivity contribution in [3.63, 3.8) is 0 Å². The number of rotatable bonds is 4. The first-order valence-corrected chi connectivity index (χ1v) is 4.99. The number of Topliss-reactive ketones (excluding diaryl/α,β-unsaturated/α-hetero) is 1. The summed E-state index contributed by atoms with van der Waals surface area (Å²) in [5.41, 5.74) is 0.133. The molecule has 1 atom stereocenters. The Bertz CT molecular complexity index is 216. The molecule has 0 radical (unpaired) electrons. The Hall–Kier alpha value is -0.860. The number of ketones is 1. The van der Waals surface area contributed by atoms with Gasteiger partial charge in [0.1, 0.15) is 5.78 Å². The van der Waals surface area contributed by atoms with Gasteiger partial charge in [0, 0.05) is 6.42 Å². The number of nitrogens with one attached hydrogen (secondary N) is 1. The molecule has 14 heavy (non-hydrogen) atoms. The molecule has 0 heterocycles. The maximum absolute atomic E-state index is 11.3. The highest BCUT2D eigenvalue weighted by atomic mass is 16.2. The number of carbonyl (C=O) groups is 2. The molecule has 0 fully saturated rings. The summed E-state index contributed by atoms with van der Waals surface area (Å²) >= 11 is 0. The van der Waals surface area contributed by atoms with Crippen LogP contribution in [0.5, 0.6) is 0 Å². The molecule has 3 heteroatoms. The average molecular weight is 199 g/mol. The highest BCUT2D eigenvalue weighted by Gasteiger charge is 2.22. The van der Waals surface area contributed by atoms with Crippen molar-refractivity contribution in [2.45, 2.75) is 41.0 Å². The van der Waals surface area contributed by atoms with Gasteiger partial charge in [0.15, 0.2) is 0 Å². The quantitative estimate of drug-likeness (QED) is 0.750. The van der Waals surface area contributed by atoms with Crippen molar-refractivity contribution in [1.29, 1.82) is 0 Å². The first-order valence-electron chi connectivity index (χ1n) is 4.99. The molecule has 0 saturated heterocycles. The summed E-state index contributed by atoms with van der Waals surface area (Å²) in [7, 11) is 0. The van der Waals surface area contributed by atoms with E-state index >= 15 is 0 Å². The largest absolute Gasteiger partial charge is 0.349 e. The Morgan fingerprint density at radius 3 is 2.14 bits per heavy atom. The van der Waals surface area contributed by atoms with Gasteiger partial charge in [0.25, 0.3) is 0 Å². The van der Waals surface area contributed by atoms with Gasteiger partial charge in [-0.2, -0.15) is 0 Å². The van der Waals surface area contributed by atoms with Crippen LogP contribution in [0.2, 0.25) is 0 Å². The first-order chi connectivity index (χ1) is 6.23. The molecule has 1 amide bonds. The van der Waals surface area contributed by atoms with E-state index in [1.54, 1.807) is 0 Å². The molecule has 0 rings (SSSR count). The molecule has 0 aromatic rings. The van der Waals surface area contributed by atoms with E-state index in [0.29, 0.717) is 12.3 Å². The van der Waals surface area contributed by atoms with Gasteiger partial charge in [0.05, 0.1) is 6.54 Å². The molecular weight excluding hydrogens is 178 g/mol. The molecule has 0 aromatic heterocycles. The second kappa shape index (κ2) is 5.13. The first kappa shape index (κ1) is 13.1. The van der Waals surface area contributed by atoms with Crippen LogP contribution in [0.25, 0.3) is 0 Å². The van der Waals surface area contributed by atoms with Crippen molar-refractivity contribution < 1.29 is 9.59 Å². The van der Waals surface area contributed by atoms with Gasteiger partial charge in [-0.15, -0.1) is 0 Å². The number of carbonyl (C=O) groups excluding carboxylic acids is 2. The molecule has 3 nitrogen and oxygen atoms in total. The summed E-state index contributed by atoms with van der Waals surface area (Å²) in [6.45, 7) is 9.98. The topological polar surface area (TPSA) is 46.2 Å². The lowest BCUT2D eigenvalue weighted by Crippen LogP contribution is -2.32. The zero-order chi connectivity index (χ0) is 11.4. The third kappa shape index (κ3) is 5.73. The van der Waals surface area contributed by atoms with Crippen LogP contribution < -0.4 is 5.32 Å². The fourth-order valence-corrected chi connectivity index (χ4v) is 0.880.